The topological polar surface area (TPSA) is 40.7 Å². The molecular formula is C17H29N3. The number of aromatic nitrogens is 2. The highest BCUT2D eigenvalue weighted by molar-refractivity contribution is 5.14. The third-order valence-electron chi connectivity index (χ3n) is 6.26. The number of imidazole rings is 1. The van der Waals surface area contributed by atoms with Crippen LogP contribution in [0.25, 0.3) is 0 Å². The molecule has 0 radical (unpaired) electrons. The molecule has 0 amide bonds. The van der Waals surface area contributed by atoms with Gasteiger partial charge in [0.15, 0.2) is 0 Å². The van der Waals surface area contributed by atoms with Crippen LogP contribution < -0.4 is 5.32 Å². The normalized spacial score (nSPS) is 34.9. The highest BCUT2D eigenvalue weighted by Crippen LogP contribution is 2.61. The minimum atomic E-state index is 0.579. The van der Waals surface area contributed by atoms with Crippen LogP contribution in [0.4, 0.5) is 0 Å². The molecule has 0 spiro atoms. The van der Waals surface area contributed by atoms with Gasteiger partial charge in [-0.1, -0.05) is 27.7 Å². The Morgan fingerprint density at radius 2 is 2.10 bits per heavy atom. The van der Waals surface area contributed by atoms with Crippen molar-refractivity contribution < 1.29 is 0 Å². The van der Waals surface area contributed by atoms with Crippen LogP contribution in [0.2, 0.25) is 0 Å². The Bertz CT molecular complexity index is 488. The highest BCUT2D eigenvalue weighted by Gasteiger charge is 2.55. The first-order valence-electron chi connectivity index (χ1n) is 8.21. The molecule has 0 saturated heterocycles. The lowest BCUT2D eigenvalue weighted by Gasteiger charge is -2.62. The molecule has 1 aromatic heterocycles. The van der Waals surface area contributed by atoms with Crippen molar-refractivity contribution in [2.24, 2.45) is 23.2 Å². The van der Waals surface area contributed by atoms with Gasteiger partial charge in [0.1, 0.15) is 5.82 Å². The van der Waals surface area contributed by atoms with Crippen molar-refractivity contribution in [2.45, 2.75) is 66.5 Å². The van der Waals surface area contributed by atoms with Crippen LogP contribution in [-0.4, -0.2) is 16.0 Å². The lowest BCUT2D eigenvalue weighted by atomic mass is 9.45. The van der Waals surface area contributed by atoms with E-state index in [1.54, 1.807) is 0 Å². The van der Waals surface area contributed by atoms with Gasteiger partial charge in [0.2, 0.25) is 0 Å². The molecule has 2 bridgehead atoms. The van der Waals surface area contributed by atoms with Gasteiger partial charge in [-0.2, -0.15) is 0 Å². The largest absolute Gasteiger partial charge is 0.346 e. The fraction of sp³-hybridized carbons (Fsp3) is 0.824. The maximum Gasteiger partial charge on any atom is 0.106 e. The van der Waals surface area contributed by atoms with Crippen molar-refractivity contribution in [3.63, 3.8) is 0 Å². The first-order chi connectivity index (χ1) is 9.43. The van der Waals surface area contributed by atoms with Crippen molar-refractivity contribution in [3.05, 3.63) is 17.2 Å². The van der Waals surface area contributed by atoms with Crippen molar-refractivity contribution in [2.75, 3.05) is 0 Å². The Balaban J connectivity index is 1.61. The van der Waals surface area contributed by atoms with E-state index in [2.05, 4.69) is 49.9 Å². The number of fused-ring (bicyclic) bond motifs is 2. The van der Waals surface area contributed by atoms with E-state index in [-0.39, 0.29) is 0 Å². The number of hydrogen-bond acceptors (Lipinski definition) is 2. The number of nitrogens with zero attached hydrogens (tertiary/aromatic N) is 1. The Kier molecular flexibility index (Phi) is 3.44. The SMILES string of the molecule is CCc1nc(CN[C@@H]2C[C@@H]3C[C@H]([C@H]2C)C3(C)C)c(C)[nH]1. The van der Waals surface area contributed by atoms with Gasteiger partial charge < -0.3 is 10.3 Å². The number of aromatic amines is 1. The van der Waals surface area contributed by atoms with Crippen molar-refractivity contribution in [3.8, 4) is 0 Å². The molecule has 3 heteroatoms. The minimum absolute atomic E-state index is 0.579. The third kappa shape index (κ3) is 2.11. The maximum absolute atomic E-state index is 4.68. The second-order valence-corrected chi connectivity index (χ2v) is 7.55. The second-order valence-electron chi connectivity index (χ2n) is 7.55. The van der Waals surface area contributed by atoms with Crippen LogP contribution >= 0.6 is 0 Å². The predicted octanol–water partition coefficient (Wildman–Crippen LogP) is 3.44. The minimum Gasteiger partial charge on any atom is -0.346 e. The summed E-state index contributed by atoms with van der Waals surface area (Å²) >= 11 is 0. The Morgan fingerprint density at radius 1 is 1.35 bits per heavy atom. The van der Waals surface area contributed by atoms with Gasteiger partial charge in [0.05, 0.1) is 5.69 Å². The first kappa shape index (κ1) is 14.1. The lowest BCUT2D eigenvalue weighted by molar-refractivity contribution is -0.115. The fourth-order valence-corrected chi connectivity index (χ4v) is 4.55. The van der Waals surface area contributed by atoms with Gasteiger partial charge in [-0.05, 0) is 42.9 Å². The fourth-order valence-electron chi connectivity index (χ4n) is 4.55. The summed E-state index contributed by atoms with van der Waals surface area (Å²) in [7, 11) is 0. The predicted molar refractivity (Wildman–Crippen MR) is 82.5 cm³/mol. The zero-order valence-corrected chi connectivity index (χ0v) is 13.6. The summed E-state index contributed by atoms with van der Waals surface area (Å²) in [6.07, 6.45) is 3.78. The molecule has 2 N–H and O–H groups in total. The quantitative estimate of drug-likeness (QED) is 0.883. The lowest BCUT2D eigenvalue weighted by Crippen LogP contribution is -2.59. The summed E-state index contributed by atoms with van der Waals surface area (Å²) in [5.74, 6) is 3.73. The molecular weight excluding hydrogens is 246 g/mol. The van der Waals surface area contributed by atoms with E-state index in [1.165, 1.54) is 24.2 Å². The van der Waals surface area contributed by atoms with Crippen molar-refractivity contribution in [1.82, 2.24) is 15.3 Å². The number of H-pyrrole nitrogens is 1. The molecule has 0 aliphatic heterocycles. The number of nitrogens with one attached hydrogen (secondary N) is 2. The molecule has 3 nitrogen and oxygen atoms in total. The summed E-state index contributed by atoms with van der Waals surface area (Å²) in [4.78, 5) is 8.05. The second kappa shape index (κ2) is 4.87. The van der Waals surface area contributed by atoms with Gasteiger partial charge in [-0.15, -0.1) is 0 Å². The summed E-state index contributed by atoms with van der Waals surface area (Å²) in [5, 5.41) is 3.78. The zero-order valence-electron chi connectivity index (χ0n) is 13.6. The van der Waals surface area contributed by atoms with E-state index < -0.39 is 0 Å². The van der Waals surface area contributed by atoms with Crippen LogP contribution in [0.5, 0.6) is 0 Å². The molecule has 3 aliphatic carbocycles. The van der Waals surface area contributed by atoms with E-state index in [0.717, 1.165) is 36.5 Å². The molecule has 4 atom stereocenters. The molecule has 0 aromatic carbocycles. The summed E-state index contributed by atoms with van der Waals surface area (Å²) in [5.41, 5.74) is 3.01. The number of aryl methyl sites for hydroxylation is 2. The molecule has 112 valence electrons. The van der Waals surface area contributed by atoms with E-state index in [0.29, 0.717) is 11.5 Å². The average molecular weight is 275 g/mol. The van der Waals surface area contributed by atoms with E-state index in [4.69, 9.17) is 0 Å². The van der Waals surface area contributed by atoms with Crippen molar-refractivity contribution in [1.29, 1.82) is 0 Å². The summed E-state index contributed by atoms with van der Waals surface area (Å²) < 4.78 is 0. The first-order valence-corrected chi connectivity index (χ1v) is 8.21. The van der Waals surface area contributed by atoms with Crippen LogP contribution in [0.3, 0.4) is 0 Å². The standard InChI is InChI=1S/C17H29N3/c1-6-16-19-11(3)15(20-16)9-18-14-8-12-7-13(10(14)2)17(12,4)5/h10,12-14,18H,6-9H2,1-5H3,(H,19,20)/t10-,12+,13-,14-/m1/s1. The highest BCUT2D eigenvalue weighted by atomic mass is 15.0. The van der Waals surface area contributed by atoms with Gasteiger partial charge in [-0.25, -0.2) is 4.98 Å². The van der Waals surface area contributed by atoms with Crippen LogP contribution in [0, 0.1) is 30.1 Å². The van der Waals surface area contributed by atoms with E-state index in [1.807, 2.05) is 0 Å². The van der Waals surface area contributed by atoms with Gasteiger partial charge in [0, 0.05) is 24.7 Å². The molecule has 3 saturated carbocycles. The monoisotopic (exact) mass is 275 g/mol. The Morgan fingerprint density at radius 3 is 2.65 bits per heavy atom. The molecule has 20 heavy (non-hydrogen) atoms. The Hall–Kier alpha value is -0.830. The molecule has 3 aliphatic rings. The molecule has 4 rings (SSSR count). The smallest absolute Gasteiger partial charge is 0.106 e. The van der Waals surface area contributed by atoms with Crippen LogP contribution in [0.15, 0.2) is 0 Å². The summed E-state index contributed by atoms with van der Waals surface area (Å²) in [6.45, 7) is 12.6. The maximum atomic E-state index is 4.68. The van der Waals surface area contributed by atoms with Crippen molar-refractivity contribution >= 4 is 0 Å². The van der Waals surface area contributed by atoms with Gasteiger partial charge in [0.25, 0.3) is 0 Å². The van der Waals surface area contributed by atoms with E-state index >= 15 is 0 Å². The zero-order chi connectivity index (χ0) is 14.5. The average Bonchev–Trinajstić information content (AvgIpc) is 2.77. The summed E-state index contributed by atoms with van der Waals surface area (Å²) in [6, 6.07) is 0.674. The number of rotatable bonds is 4. The molecule has 3 fully saturated rings. The van der Waals surface area contributed by atoms with E-state index in [9.17, 15) is 0 Å². The number of hydrogen-bond donors (Lipinski definition) is 2. The third-order valence-corrected chi connectivity index (χ3v) is 6.26. The molecule has 1 aromatic rings. The molecule has 0 unspecified atom stereocenters. The van der Waals surface area contributed by atoms with Gasteiger partial charge in [-0.3, -0.25) is 0 Å². The molecule has 1 heterocycles. The van der Waals surface area contributed by atoms with Crippen LogP contribution in [-0.2, 0) is 13.0 Å². The van der Waals surface area contributed by atoms with Crippen LogP contribution in [0.1, 0.15) is 57.7 Å². The van der Waals surface area contributed by atoms with Gasteiger partial charge >= 0.3 is 0 Å². The Labute approximate surface area is 123 Å².